The van der Waals surface area contributed by atoms with Crippen LogP contribution in [0.3, 0.4) is 0 Å². The highest BCUT2D eigenvalue weighted by molar-refractivity contribution is 5.87. The molecule has 1 saturated heterocycles. The van der Waals surface area contributed by atoms with Gasteiger partial charge in [0.15, 0.2) is 0 Å². The van der Waals surface area contributed by atoms with Crippen molar-refractivity contribution in [1.82, 2.24) is 10.3 Å². The number of ketones is 1. The minimum absolute atomic E-state index is 0.137. The Morgan fingerprint density at radius 1 is 1.47 bits per heavy atom. The van der Waals surface area contributed by atoms with E-state index in [1.807, 2.05) is 12.1 Å². The highest BCUT2D eigenvalue weighted by Crippen LogP contribution is 2.32. The van der Waals surface area contributed by atoms with Gasteiger partial charge in [-0.25, -0.2) is 0 Å². The van der Waals surface area contributed by atoms with Gasteiger partial charge >= 0.3 is 0 Å². The second-order valence-electron chi connectivity index (χ2n) is 4.87. The zero-order chi connectivity index (χ0) is 12.1. The molecule has 17 heavy (non-hydrogen) atoms. The lowest BCUT2D eigenvalue weighted by Gasteiger charge is -2.35. The molecule has 0 radical (unpaired) electrons. The van der Waals surface area contributed by atoms with Gasteiger partial charge in [-0.15, -0.1) is 0 Å². The Morgan fingerprint density at radius 2 is 2.24 bits per heavy atom. The number of aromatic nitrogens is 1. The molecule has 1 aromatic rings. The van der Waals surface area contributed by atoms with Crippen molar-refractivity contribution in [1.29, 1.82) is 0 Å². The van der Waals surface area contributed by atoms with Crippen molar-refractivity contribution in [2.24, 2.45) is 5.41 Å². The van der Waals surface area contributed by atoms with E-state index in [2.05, 4.69) is 17.2 Å². The number of carbonyl (C=O) groups excluding carboxylic acids is 1. The molecule has 2 heterocycles. The average Bonchev–Trinajstić information content (AvgIpc) is 2.40. The lowest BCUT2D eigenvalue weighted by molar-refractivity contribution is -0.129. The molecule has 1 N–H and O–H groups in total. The van der Waals surface area contributed by atoms with Gasteiger partial charge in [-0.2, -0.15) is 0 Å². The van der Waals surface area contributed by atoms with Crippen LogP contribution in [-0.2, 0) is 11.2 Å². The zero-order valence-corrected chi connectivity index (χ0v) is 10.4. The molecule has 1 aliphatic heterocycles. The maximum absolute atomic E-state index is 12.5. The second kappa shape index (κ2) is 5.41. The van der Waals surface area contributed by atoms with E-state index < -0.39 is 0 Å². The summed E-state index contributed by atoms with van der Waals surface area (Å²) in [5, 5.41) is 3.36. The van der Waals surface area contributed by atoms with Crippen molar-refractivity contribution in [3.05, 3.63) is 30.1 Å². The molecular formula is C14H20N2O. The number of carbonyl (C=O) groups is 1. The first-order valence-corrected chi connectivity index (χ1v) is 6.40. The number of hydrogen-bond donors (Lipinski definition) is 1. The van der Waals surface area contributed by atoms with Crippen LogP contribution in [0.5, 0.6) is 0 Å². The molecule has 1 fully saturated rings. The number of piperidine rings is 1. The molecule has 3 nitrogen and oxygen atoms in total. The summed E-state index contributed by atoms with van der Waals surface area (Å²) >= 11 is 0. The lowest BCUT2D eigenvalue weighted by Crippen LogP contribution is -2.45. The number of rotatable bonds is 4. The predicted molar refractivity (Wildman–Crippen MR) is 67.8 cm³/mol. The van der Waals surface area contributed by atoms with Crippen molar-refractivity contribution in [2.75, 3.05) is 13.1 Å². The van der Waals surface area contributed by atoms with Gasteiger partial charge in [0.2, 0.25) is 0 Å². The maximum atomic E-state index is 12.5. The van der Waals surface area contributed by atoms with Crippen LogP contribution in [0.2, 0.25) is 0 Å². The first-order chi connectivity index (χ1) is 8.27. The molecule has 0 aromatic carbocycles. The smallest absolute Gasteiger partial charge is 0.144 e. The maximum Gasteiger partial charge on any atom is 0.144 e. The van der Waals surface area contributed by atoms with Crippen LogP contribution in [0, 0.1) is 5.41 Å². The quantitative estimate of drug-likeness (QED) is 0.863. The van der Waals surface area contributed by atoms with E-state index in [1.165, 1.54) is 0 Å². The molecule has 0 bridgehead atoms. The van der Waals surface area contributed by atoms with Crippen molar-refractivity contribution in [3.8, 4) is 0 Å². The van der Waals surface area contributed by atoms with Gasteiger partial charge in [0, 0.05) is 30.8 Å². The third-order valence-corrected chi connectivity index (χ3v) is 3.85. The van der Waals surface area contributed by atoms with Gasteiger partial charge in [-0.05, 0) is 43.5 Å². The minimum Gasteiger partial charge on any atom is -0.316 e. The van der Waals surface area contributed by atoms with Gasteiger partial charge in [0.1, 0.15) is 5.78 Å². The van der Waals surface area contributed by atoms with Crippen molar-refractivity contribution < 1.29 is 4.79 Å². The average molecular weight is 232 g/mol. The summed E-state index contributed by atoms with van der Waals surface area (Å²) in [4.78, 5) is 16.4. The molecule has 0 aliphatic carbocycles. The minimum atomic E-state index is -0.137. The Bertz CT molecular complexity index is 369. The van der Waals surface area contributed by atoms with Crippen molar-refractivity contribution in [2.45, 2.75) is 32.6 Å². The van der Waals surface area contributed by atoms with Gasteiger partial charge in [-0.1, -0.05) is 6.92 Å². The normalized spacial score (nSPS) is 24.5. The topological polar surface area (TPSA) is 42.0 Å². The molecule has 1 aliphatic rings. The van der Waals surface area contributed by atoms with Crippen LogP contribution in [0.25, 0.3) is 0 Å². The van der Waals surface area contributed by atoms with Crippen LogP contribution in [0.15, 0.2) is 24.5 Å². The number of hydrogen-bond acceptors (Lipinski definition) is 3. The first kappa shape index (κ1) is 12.2. The van der Waals surface area contributed by atoms with Crippen LogP contribution >= 0.6 is 0 Å². The third-order valence-electron chi connectivity index (χ3n) is 3.85. The van der Waals surface area contributed by atoms with Crippen LogP contribution in [0.4, 0.5) is 0 Å². The molecule has 2 rings (SSSR count). The Labute approximate surface area is 103 Å². The molecule has 92 valence electrons. The van der Waals surface area contributed by atoms with Gasteiger partial charge < -0.3 is 5.32 Å². The Morgan fingerprint density at radius 3 is 2.82 bits per heavy atom. The highest BCUT2D eigenvalue weighted by atomic mass is 16.1. The summed E-state index contributed by atoms with van der Waals surface area (Å²) in [6.07, 6.45) is 7.11. The third kappa shape index (κ3) is 2.72. The van der Waals surface area contributed by atoms with Crippen molar-refractivity contribution in [3.63, 3.8) is 0 Å². The van der Waals surface area contributed by atoms with E-state index >= 15 is 0 Å². The predicted octanol–water partition coefficient (Wildman–Crippen LogP) is 1.97. The van der Waals surface area contributed by atoms with Gasteiger partial charge in [0.05, 0.1) is 0 Å². The molecule has 1 atom stereocenters. The SMILES string of the molecule is CCC1(C(=O)Cc2ccncc2)CCCNC1. The standard InChI is InChI=1S/C14H20N2O/c1-2-14(6-3-7-16-11-14)13(17)10-12-4-8-15-9-5-12/h4-5,8-9,16H,2-3,6-7,10-11H2,1H3. The number of nitrogens with zero attached hydrogens (tertiary/aromatic N) is 1. The summed E-state index contributed by atoms with van der Waals surface area (Å²) < 4.78 is 0. The zero-order valence-electron chi connectivity index (χ0n) is 10.4. The Kier molecular flexibility index (Phi) is 3.89. The molecule has 0 saturated carbocycles. The summed E-state index contributed by atoms with van der Waals surface area (Å²) in [5.41, 5.74) is 0.935. The Hall–Kier alpha value is -1.22. The highest BCUT2D eigenvalue weighted by Gasteiger charge is 2.36. The summed E-state index contributed by atoms with van der Waals surface area (Å²) in [6.45, 7) is 4.01. The lowest BCUT2D eigenvalue weighted by atomic mass is 9.73. The number of pyridine rings is 1. The van der Waals surface area contributed by atoms with E-state index in [0.29, 0.717) is 12.2 Å². The fourth-order valence-corrected chi connectivity index (χ4v) is 2.58. The van der Waals surface area contributed by atoms with Gasteiger partial charge in [-0.3, -0.25) is 9.78 Å². The van der Waals surface area contributed by atoms with E-state index in [0.717, 1.165) is 37.9 Å². The van der Waals surface area contributed by atoms with Crippen LogP contribution in [0.1, 0.15) is 31.7 Å². The fraction of sp³-hybridized carbons (Fsp3) is 0.571. The largest absolute Gasteiger partial charge is 0.316 e. The Balaban J connectivity index is 2.07. The molecule has 0 spiro atoms. The summed E-state index contributed by atoms with van der Waals surface area (Å²) in [7, 11) is 0. The number of nitrogens with one attached hydrogen (secondary N) is 1. The fourth-order valence-electron chi connectivity index (χ4n) is 2.58. The van der Waals surface area contributed by atoms with E-state index in [-0.39, 0.29) is 5.41 Å². The summed E-state index contributed by atoms with van der Waals surface area (Å²) in [5.74, 6) is 0.374. The summed E-state index contributed by atoms with van der Waals surface area (Å²) in [6, 6.07) is 3.86. The molecule has 0 amide bonds. The first-order valence-electron chi connectivity index (χ1n) is 6.40. The van der Waals surface area contributed by atoms with E-state index in [4.69, 9.17) is 0 Å². The molecule has 1 aromatic heterocycles. The second-order valence-corrected chi connectivity index (χ2v) is 4.87. The molecule has 1 unspecified atom stereocenters. The number of Topliss-reactive ketones (excluding diaryl/α,β-unsaturated/α-hetero) is 1. The van der Waals surface area contributed by atoms with Gasteiger partial charge in [0.25, 0.3) is 0 Å². The molecule has 3 heteroatoms. The molecular weight excluding hydrogens is 212 g/mol. The van der Waals surface area contributed by atoms with Crippen molar-refractivity contribution >= 4 is 5.78 Å². The van der Waals surface area contributed by atoms with Crippen LogP contribution in [-0.4, -0.2) is 23.9 Å². The van der Waals surface area contributed by atoms with E-state index in [1.54, 1.807) is 12.4 Å². The van der Waals surface area contributed by atoms with Crippen LogP contribution < -0.4 is 5.32 Å². The van der Waals surface area contributed by atoms with E-state index in [9.17, 15) is 4.79 Å². The monoisotopic (exact) mass is 232 g/mol.